The minimum absolute atomic E-state index is 0.385. The fourth-order valence-corrected chi connectivity index (χ4v) is 1.85. The van der Waals surface area contributed by atoms with Crippen molar-refractivity contribution in [2.75, 3.05) is 18.8 Å². The summed E-state index contributed by atoms with van der Waals surface area (Å²) in [5.74, 6) is 1.94. The first kappa shape index (κ1) is 8.50. The molecule has 0 saturated carbocycles. The summed E-state index contributed by atoms with van der Waals surface area (Å²) in [6, 6.07) is 0. The topological polar surface area (TPSA) is 68.8 Å². The predicted molar refractivity (Wildman–Crippen MR) is 50.3 cm³/mol. The third-order valence-corrected chi connectivity index (χ3v) is 2.52. The zero-order valence-corrected chi connectivity index (χ0v) is 7.82. The number of piperidine rings is 1. The number of hydrogen-bond donors (Lipinski definition) is 2. The Hall–Kier alpha value is -1.10. The molecule has 1 fully saturated rings. The van der Waals surface area contributed by atoms with Gasteiger partial charge in [0.2, 0.25) is 5.95 Å². The van der Waals surface area contributed by atoms with Gasteiger partial charge in [0.25, 0.3) is 0 Å². The van der Waals surface area contributed by atoms with E-state index in [2.05, 4.69) is 15.4 Å². The highest BCUT2D eigenvalue weighted by molar-refractivity contribution is 5.16. The first-order chi connectivity index (χ1) is 6.27. The molecule has 72 valence electrons. The largest absolute Gasteiger partial charge is 0.366 e. The Morgan fingerprint density at radius 3 is 2.69 bits per heavy atom. The lowest BCUT2D eigenvalue weighted by molar-refractivity contribution is 0.432. The van der Waals surface area contributed by atoms with E-state index in [1.807, 2.05) is 7.05 Å². The molecule has 3 N–H and O–H groups in total. The van der Waals surface area contributed by atoms with E-state index in [1.165, 1.54) is 0 Å². The zero-order chi connectivity index (χ0) is 9.26. The first-order valence-electron chi connectivity index (χ1n) is 4.64. The summed E-state index contributed by atoms with van der Waals surface area (Å²) in [7, 11) is 1.90. The summed E-state index contributed by atoms with van der Waals surface area (Å²) < 4.78 is 1.80. The van der Waals surface area contributed by atoms with Crippen LogP contribution < -0.4 is 11.1 Å². The van der Waals surface area contributed by atoms with Gasteiger partial charge in [0, 0.05) is 13.0 Å². The van der Waals surface area contributed by atoms with Gasteiger partial charge in [-0.2, -0.15) is 4.98 Å². The summed E-state index contributed by atoms with van der Waals surface area (Å²) in [5.41, 5.74) is 5.53. The van der Waals surface area contributed by atoms with Gasteiger partial charge in [-0.25, -0.2) is 0 Å². The van der Waals surface area contributed by atoms with Gasteiger partial charge >= 0.3 is 0 Å². The summed E-state index contributed by atoms with van der Waals surface area (Å²) in [5, 5.41) is 7.37. The highest BCUT2D eigenvalue weighted by Crippen LogP contribution is 2.23. The molecule has 13 heavy (non-hydrogen) atoms. The quantitative estimate of drug-likeness (QED) is 0.633. The van der Waals surface area contributed by atoms with Crippen LogP contribution in [0.3, 0.4) is 0 Å². The Balaban J connectivity index is 2.18. The number of hydrogen-bond acceptors (Lipinski definition) is 4. The Bertz CT molecular complexity index is 287. The van der Waals surface area contributed by atoms with E-state index in [9.17, 15) is 0 Å². The number of nitrogens with one attached hydrogen (secondary N) is 1. The lowest BCUT2D eigenvalue weighted by Gasteiger charge is -2.21. The third-order valence-electron chi connectivity index (χ3n) is 2.52. The molecule has 0 atom stereocenters. The van der Waals surface area contributed by atoms with Gasteiger partial charge in [-0.3, -0.25) is 4.68 Å². The van der Waals surface area contributed by atoms with Crippen LogP contribution in [0.4, 0.5) is 5.95 Å². The van der Waals surface area contributed by atoms with Crippen molar-refractivity contribution in [3.63, 3.8) is 0 Å². The van der Waals surface area contributed by atoms with E-state index >= 15 is 0 Å². The smallest absolute Gasteiger partial charge is 0.239 e. The van der Waals surface area contributed by atoms with Gasteiger partial charge in [-0.15, -0.1) is 5.10 Å². The molecule has 5 nitrogen and oxygen atoms in total. The number of nitrogen functional groups attached to an aromatic ring is 1. The van der Waals surface area contributed by atoms with Crippen LogP contribution in [0.15, 0.2) is 0 Å². The van der Waals surface area contributed by atoms with E-state index in [0.29, 0.717) is 11.9 Å². The van der Waals surface area contributed by atoms with Crippen molar-refractivity contribution in [1.29, 1.82) is 0 Å². The average Bonchev–Trinajstić information content (AvgIpc) is 2.47. The molecular formula is C8H15N5. The fourth-order valence-electron chi connectivity index (χ4n) is 1.85. The zero-order valence-electron chi connectivity index (χ0n) is 7.82. The summed E-state index contributed by atoms with van der Waals surface area (Å²) in [4.78, 5) is 4.24. The highest BCUT2D eigenvalue weighted by atomic mass is 15.4. The van der Waals surface area contributed by atoms with Crippen molar-refractivity contribution in [2.24, 2.45) is 7.05 Å². The maximum absolute atomic E-state index is 5.53. The first-order valence-corrected chi connectivity index (χ1v) is 4.64. The molecule has 2 rings (SSSR count). The van der Waals surface area contributed by atoms with Crippen molar-refractivity contribution in [2.45, 2.75) is 18.8 Å². The van der Waals surface area contributed by atoms with Crippen LogP contribution in [-0.2, 0) is 7.05 Å². The Morgan fingerprint density at radius 2 is 2.15 bits per heavy atom. The van der Waals surface area contributed by atoms with Gasteiger partial charge in [0.1, 0.15) is 5.82 Å². The number of aromatic nitrogens is 3. The summed E-state index contributed by atoms with van der Waals surface area (Å²) in [6.45, 7) is 2.13. The van der Waals surface area contributed by atoms with E-state index in [4.69, 9.17) is 5.73 Å². The molecule has 1 saturated heterocycles. The second kappa shape index (κ2) is 3.33. The van der Waals surface area contributed by atoms with Crippen LogP contribution in [0, 0.1) is 0 Å². The predicted octanol–water partition coefficient (Wildman–Crippen LogP) is -0.136. The molecule has 2 heterocycles. The van der Waals surface area contributed by atoms with Gasteiger partial charge in [0.05, 0.1) is 0 Å². The van der Waals surface area contributed by atoms with Gasteiger partial charge < -0.3 is 11.1 Å². The molecule has 0 amide bonds. The molecule has 0 bridgehead atoms. The maximum Gasteiger partial charge on any atom is 0.239 e. The van der Waals surface area contributed by atoms with Gasteiger partial charge in [-0.05, 0) is 25.9 Å². The molecule has 1 aromatic heterocycles. The monoisotopic (exact) mass is 181 g/mol. The number of anilines is 1. The minimum atomic E-state index is 0.385. The van der Waals surface area contributed by atoms with Crippen molar-refractivity contribution >= 4 is 5.95 Å². The second-order valence-corrected chi connectivity index (χ2v) is 3.48. The Labute approximate surface area is 77.3 Å². The van der Waals surface area contributed by atoms with E-state index in [0.717, 1.165) is 31.8 Å². The van der Waals surface area contributed by atoms with Crippen molar-refractivity contribution in [3.8, 4) is 0 Å². The average molecular weight is 181 g/mol. The van der Waals surface area contributed by atoms with Crippen molar-refractivity contribution in [1.82, 2.24) is 20.1 Å². The molecule has 0 unspecified atom stereocenters. The normalized spacial score (nSPS) is 19.2. The number of nitrogens with zero attached hydrogens (tertiary/aromatic N) is 3. The Morgan fingerprint density at radius 1 is 1.46 bits per heavy atom. The highest BCUT2D eigenvalue weighted by Gasteiger charge is 2.20. The molecule has 0 radical (unpaired) electrons. The molecule has 1 aliphatic rings. The molecule has 0 aliphatic carbocycles. The summed E-state index contributed by atoms with van der Waals surface area (Å²) >= 11 is 0. The molecular weight excluding hydrogens is 166 g/mol. The molecule has 0 aromatic carbocycles. The lowest BCUT2D eigenvalue weighted by Crippen LogP contribution is -2.27. The van der Waals surface area contributed by atoms with Crippen molar-refractivity contribution in [3.05, 3.63) is 5.82 Å². The molecule has 1 aliphatic heterocycles. The van der Waals surface area contributed by atoms with Crippen LogP contribution in [0.1, 0.15) is 24.6 Å². The Kier molecular flexibility index (Phi) is 2.18. The van der Waals surface area contributed by atoms with E-state index in [-0.39, 0.29) is 0 Å². The minimum Gasteiger partial charge on any atom is -0.366 e. The SMILES string of the molecule is Cn1nc(N)nc1C1CCNCC1. The number of rotatable bonds is 1. The van der Waals surface area contributed by atoms with Crippen LogP contribution in [0.2, 0.25) is 0 Å². The fraction of sp³-hybridized carbons (Fsp3) is 0.750. The van der Waals surface area contributed by atoms with Crippen LogP contribution in [0.5, 0.6) is 0 Å². The van der Waals surface area contributed by atoms with Crippen molar-refractivity contribution < 1.29 is 0 Å². The van der Waals surface area contributed by atoms with Gasteiger partial charge in [0.15, 0.2) is 0 Å². The number of nitrogens with two attached hydrogens (primary N) is 1. The molecule has 1 aromatic rings. The van der Waals surface area contributed by atoms with Gasteiger partial charge in [-0.1, -0.05) is 0 Å². The molecule has 5 heteroatoms. The number of aryl methyl sites for hydroxylation is 1. The maximum atomic E-state index is 5.53. The second-order valence-electron chi connectivity index (χ2n) is 3.48. The van der Waals surface area contributed by atoms with Crippen LogP contribution in [-0.4, -0.2) is 27.9 Å². The summed E-state index contributed by atoms with van der Waals surface area (Å²) in [6.07, 6.45) is 2.26. The van der Waals surface area contributed by atoms with E-state index < -0.39 is 0 Å². The van der Waals surface area contributed by atoms with Crippen LogP contribution in [0.25, 0.3) is 0 Å². The standard InChI is InChI=1S/C8H15N5/c1-13-7(11-8(9)12-13)6-2-4-10-5-3-6/h6,10H,2-5H2,1H3,(H2,9,12). The third kappa shape index (κ3) is 1.65. The van der Waals surface area contributed by atoms with Crippen LogP contribution >= 0.6 is 0 Å². The van der Waals surface area contributed by atoms with E-state index in [1.54, 1.807) is 4.68 Å². The lowest BCUT2D eigenvalue weighted by atomic mass is 9.97. The molecule has 0 spiro atoms.